The lowest BCUT2D eigenvalue weighted by Crippen LogP contribution is -2.29. The molecule has 1 amide bonds. The maximum absolute atomic E-state index is 11.2. The molecule has 0 aliphatic heterocycles. The molecule has 0 unspecified atom stereocenters. The smallest absolute Gasteiger partial charge is 0.265 e. The molecule has 0 fully saturated rings. The van der Waals surface area contributed by atoms with Crippen molar-refractivity contribution in [3.05, 3.63) is 28.8 Å². The van der Waals surface area contributed by atoms with Gasteiger partial charge in [-0.2, -0.15) is 0 Å². The number of carbonyl (C=O) groups excluding carboxylic acids is 1. The summed E-state index contributed by atoms with van der Waals surface area (Å²) in [6.45, 7) is 1.94. The summed E-state index contributed by atoms with van der Waals surface area (Å²) in [5.41, 5.74) is 3.57. The van der Waals surface area contributed by atoms with Gasteiger partial charge in [0.25, 0.3) is 5.91 Å². The molecule has 2 aromatic rings. The highest BCUT2D eigenvalue weighted by Gasteiger charge is 2.06. The van der Waals surface area contributed by atoms with Gasteiger partial charge in [-0.3, -0.25) is 10.2 Å². The number of hydrogen-bond acceptors (Lipinski definition) is 4. The van der Waals surface area contributed by atoms with Crippen LogP contribution >= 0.6 is 11.3 Å². The maximum Gasteiger partial charge on any atom is 0.265 e. The van der Waals surface area contributed by atoms with Gasteiger partial charge in [-0.25, -0.2) is 10.8 Å². The summed E-state index contributed by atoms with van der Waals surface area (Å²) < 4.78 is 1.00. The first kappa shape index (κ1) is 9.11. The first-order valence-electron chi connectivity index (χ1n) is 4.09. The van der Waals surface area contributed by atoms with Gasteiger partial charge < -0.3 is 0 Å². The Morgan fingerprint density at radius 2 is 2.36 bits per heavy atom. The number of fused-ring (bicyclic) bond motifs is 1. The highest BCUT2D eigenvalue weighted by molar-refractivity contribution is 7.18. The Bertz CT molecular complexity index is 492. The van der Waals surface area contributed by atoms with Crippen LogP contribution in [0.4, 0.5) is 0 Å². The van der Waals surface area contributed by atoms with E-state index >= 15 is 0 Å². The molecule has 0 bridgehead atoms. The van der Waals surface area contributed by atoms with Gasteiger partial charge in [0.2, 0.25) is 0 Å². The van der Waals surface area contributed by atoms with E-state index in [2.05, 4.69) is 10.4 Å². The molecule has 3 N–H and O–H groups in total. The molecule has 0 saturated heterocycles. The number of amides is 1. The van der Waals surface area contributed by atoms with Gasteiger partial charge in [0, 0.05) is 5.56 Å². The van der Waals surface area contributed by atoms with Crippen LogP contribution in [-0.2, 0) is 0 Å². The van der Waals surface area contributed by atoms with Crippen molar-refractivity contribution in [2.24, 2.45) is 5.84 Å². The predicted octanol–water partition coefficient (Wildman–Crippen LogP) is 1.21. The third-order valence-electron chi connectivity index (χ3n) is 1.89. The molecule has 0 atom stereocenters. The molecule has 14 heavy (non-hydrogen) atoms. The largest absolute Gasteiger partial charge is 0.290 e. The fraction of sp³-hybridized carbons (Fsp3) is 0.111. The third-order valence-corrected chi connectivity index (χ3v) is 2.82. The van der Waals surface area contributed by atoms with Crippen molar-refractivity contribution in [1.82, 2.24) is 10.4 Å². The molecule has 0 spiro atoms. The molecular weight excluding hydrogens is 198 g/mol. The minimum Gasteiger partial charge on any atom is -0.290 e. The van der Waals surface area contributed by atoms with Gasteiger partial charge in [-0.1, -0.05) is 0 Å². The molecule has 0 aliphatic carbocycles. The van der Waals surface area contributed by atoms with Crippen LogP contribution in [0.2, 0.25) is 0 Å². The first-order valence-corrected chi connectivity index (χ1v) is 4.90. The zero-order valence-corrected chi connectivity index (χ0v) is 8.39. The maximum atomic E-state index is 11.2. The van der Waals surface area contributed by atoms with Crippen molar-refractivity contribution >= 4 is 27.5 Å². The summed E-state index contributed by atoms with van der Waals surface area (Å²) in [6, 6.07) is 5.33. The number of nitrogen functional groups attached to an aromatic ring is 1. The number of benzene rings is 1. The van der Waals surface area contributed by atoms with E-state index in [1.165, 1.54) is 0 Å². The van der Waals surface area contributed by atoms with Crippen LogP contribution in [0.3, 0.4) is 0 Å². The van der Waals surface area contributed by atoms with Crippen LogP contribution in [0.5, 0.6) is 0 Å². The van der Waals surface area contributed by atoms with Gasteiger partial charge in [-0.15, -0.1) is 11.3 Å². The number of aryl methyl sites for hydroxylation is 1. The number of hydrazine groups is 1. The number of carbonyl (C=O) groups is 1. The van der Waals surface area contributed by atoms with Crippen molar-refractivity contribution in [2.45, 2.75) is 6.92 Å². The number of nitrogens with one attached hydrogen (secondary N) is 1. The van der Waals surface area contributed by atoms with Crippen LogP contribution in [0.1, 0.15) is 15.4 Å². The minimum atomic E-state index is -0.280. The van der Waals surface area contributed by atoms with Gasteiger partial charge in [-0.05, 0) is 25.1 Å². The second kappa shape index (κ2) is 3.36. The first-order chi connectivity index (χ1) is 6.70. The SMILES string of the molecule is Cc1nc2ccc(C(=O)NN)cc2s1. The van der Waals surface area contributed by atoms with Crippen LogP contribution in [-0.4, -0.2) is 10.9 Å². The van der Waals surface area contributed by atoms with Crippen molar-refractivity contribution in [1.29, 1.82) is 0 Å². The molecule has 1 heterocycles. The number of nitrogens with two attached hydrogens (primary N) is 1. The summed E-state index contributed by atoms with van der Waals surface area (Å²) in [4.78, 5) is 15.5. The topological polar surface area (TPSA) is 68.0 Å². The number of thiazole rings is 1. The zero-order chi connectivity index (χ0) is 10.1. The van der Waals surface area contributed by atoms with Crippen LogP contribution in [0, 0.1) is 6.92 Å². The second-order valence-corrected chi connectivity index (χ2v) is 4.12. The quantitative estimate of drug-likeness (QED) is 0.419. The lowest BCUT2D eigenvalue weighted by molar-refractivity contribution is 0.0954. The van der Waals surface area contributed by atoms with Crippen LogP contribution < -0.4 is 11.3 Å². The Balaban J connectivity index is 2.55. The summed E-state index contributed by atoms with van der Waals surface area (Å²) in [6.07, 6.45) is 0. The van der Waals surface area contributed by atoms with Crippen molar-refractivity contribution in [3.63, 3.8) is 0 Å². The number of nitrogens with zero attached hydrogens (tertiary/aromatic N) is 1. The fourth-order valence-electron chi connectivity index (χ4n) is 1.26. The van der Waals surface area contributed by atoms with E-state index in [0.717, 1.165) is 15.2 Å². The monoisotopic (exact) mass is 207 g/mol. The molecule has 1 aromatic heterocycles. The van der Waals surface area contributed by atoms with E-state index < -0.39 is 0 Å². The standard InChI is InChI=1S/C9H9N3OS/c1-5-11-7-3-2-6(9(13)12-10)4-8(7)14-5/h2-4H,10H2,1H3,(H,12,13). The highest BCUT2D eigenvalue weighted by Crippen LogP contribution is 2.22. The molecule has 2 rings (SSSR count). The van der Waals surface area contributed by atoms with Gasteiger partial charge in [0.1, 0.15) is 0 Å². The normalized spacial score (nSPS) is 10.4. The van der Waals surface area contributed by atoms with Crippen molar-refractivity contribution < 1.29 is 4.79 Å². The van der Waals surface area contributed by atoms with Gasteiger partial charge in [0.05, 0.1) is 15.2 Å². The Morgan fingerprint density at radius 3 is 3.07 bits per heavy atom. The molecule has 0 saturated carbocycles. The Hall–Kier alpha value is -1.46. The number of aromatic nitrogens is 1. The molecule has 0 aliphatic rings. The number of hydrogen-bond donors (Lipinski definition) is 2. The second-order valence-electron chi connectivity index (χ2n) is 2.89. The zero-order valence-electron chi connectivity index (χ0n) is 7.57. The van der Waals surface area contributed by atoms with Gasteiger partial charge >= 0.3 is 0 Å². The van der Waals surface area contributed by atoms with E-state index in [1.54, 1.807) is 23.5 Å². The molecule has 4 nitrogen and oxygen atoms in total. The average molecular weight is 207 g/mol. The lowest BCUT2D eigenvalue weighted by Gasteiger charge is -1.97. The van der Waals surface area contributed by atoms with Crippen molar-refractivity contribution in [2.75, 3.05) is 0 Å². The third kappa shape index (κ3) is 1.47. The Labute approximate surface area is 84.7 Å². The van der Waals surface area contributed by atoms with E-state index in [9.17, 15) is 4.79 Å². The minimum absolute atomic E-state index is 0.280. The summed E-state index contributed by atoms with van der Waals surface area (Å²) >= 11 is 1.56. The van der Waals surface area contributed by atoms with E-state index in [0.29, 0.717) is 5.56 Å². The average Bonchev–Trinajstić information content (AvgIpc) is 2.55. The van der Waals surface area contributed by atoms with Crippen LogP contribution in [0.25, 0.3) is 10.2 Å². The molecule has 5 heteroatoms. The Morgan fingerprint density at radius 1 is 1.57 bits per heavy atom. The van der Waals surface area contributed by atoms with Gasteiger partial charge in [0.15, 0.2) is 0 Å². The highest BCUT2D eigenvalue weighted by atomic mass is 32.1. The lowest BCUT2D eigenvalue weighted by atomic mass is 10.2. The summed E-state index contributed by atoms with van der Waals surface area (Å²) in [5, 5.41) is 0.991. The van der Waals surface area contributed by atoms with E-state index in [-0.39, 0.29) is 5.91 Å². The Kier molecular flexibility index (Phi) is 2.18. The van der Waals surface area contributed by atoms with Crippen molar-refractivity contribution in [3.8, 4) is 0 Å². The molecule has 0 radical (unpaired) electrons. The van der Waals surface area contributed by atoms with E-state index in [4.69, 9.17) is 5.84 Å². The predicted molar refractivity (Wildman–Crippen MR) is 56.0 cm³/mol. The summed E-state index contributed by atoms with van der Waals surface area (Å²) in [7, 11) is 0. The molecular formula is C9H9N3OS. The number of rotatable bonds is 1. The summed E-state index contributed by atoms with van der Waals surface area (Å²) in [5.74, 6) is 4.76. The fourth-order valence-corrected chi connectivity index (χ4v) is 2.13. The molecule has 72 valence electrons. The van der Waals surface area contributed by atoms with E-state index in [1.807, 2.05) is 13.0 Å². The molecule has 1 aromatic carbocycles. The van der Waals surface area contributed by atoms with Crippen LogP contribution in [0.15, 0.2) is 18.2 Å².